The number of nitrogens with one attached hydrogen (secondary N) is 2. The first kappa shape index (κ1) is 15.1. The highest BCUT2D eigenvalue weighted by molar-refractivity contribution is 5.95. The molecular formula is C18H22N2O. The maximum atomic E-state index is 12.1. The number of amides is 1. The molecule has 3 heteroatoms. The lowest BCUT2D eigenvalue weighted by Gasteiger charge is -2.13. The van der Waals surface area contributed by atoms with E-state index in [1.54, 1.807) is 0 Å². The Balaban J connectivity index is 1.99. The molecule has 0 heterocycles. The molecule has 3 nitrogen and oxygen atoms in total. The van der Waals surface area contributed by atoms with Gasteiger partial charge in [-0.25, -0.2) is 0 Å². The van der Waals surface area contributed by atoms with E-state index in [4.69, 9.17) is 0 Å². The van der Waals surface area contributed by atoms with Crippen LogP contribution in [0.2, 0.25) is 0 Å². The van der Waals surface area contributed by atoms with Crippen LogP contribution in [0.15, 0.2) is 42.5 Å². The summed E-state index contributed by atoms with van der Waals surface area (Å²) in [6, 6.07) is 14.1. The third-order valence-corrected chi connectivity index (χ3v) is 3.58. The SMILES string of the molecule is CCc1ccccc1NCC(=O)Nc1c(C)cccc1C. The number of carbonyl (C=O) groups is 1. The average molecular weight is 282 g/mol. The van der Waals surface area contributed by atoms with Gasteiger partial charge in [-0.1, -0.05) is 43.3 Å². The van der Waals surface area contributed by atoms with E-state index in [2.05, 4.69) is 23.6 Å². The minimum Gasteiger partial charge on any atom is -0.376 e. The van der Waals surface area contributed by atoms with Crippen LogP contribution < -0.4 is 10.6 Å². The number of aryl methyl sites for hydroxylation is 3. The quantitative estimate of drug-likeness (QED) is 0.872. The fourth-order valence-electron chi connectivity index (χ4n) is 2.37. The van der Waals surface area contributed by atoms with Gasteiger partial charge in [0.15, 0.2) is 0 Å². The molecule has 0 spiro atoms. The topological polar surface area (TPSA) is 41.1 Å². The zero-order chi connectivity index (χ0) is 15.2. The summed E-state index contributed by atoms with van der Waals surface area (Å²) in [5, 5.41) is 6.20. The van der Waals surface area contributed by atoms with Crippen LogP contribution in [-0.4, -0.2) is 12.5 Å². The maximum absolute atomic E-state index is 12.1. The minimum absolute atomic E-state index is 0.0293. The van der Waals surface area contributed by atoms with Gasteiger partial charge in [-0.3, -0.25) is 4.79 Å². The second kappa shape index (κ2) is 6.93. The Morgan fingerprint density at radius 3 is 2.33 bits per heavy atom. The lowest BCUT2D eigenvalue weighted by molar-refractivity contribution is -0.114. The molecule has 0 aromatic heterocycles. The van der Waals surface area contributed by atoms with E-state index in [0.29, 0.717) is 0 Å². The number of para-hydroxylation sites is 2. The molecule has 0 saturated heterocycles. The summed E-state index contributed by atoms with van der Waals surface area (Å²) >= 11 is 0. The van der Waals surface area contributed by atoms with Gasteiger partial charge < -0.3 is 10.6 Å². The molecule has 110 valence electrons. The lowest BCUT2D eigenvalue weighted by Crippen LogP contribution is -2.23. The van der Waals surface area contributed by atoms with Crippen LogP contribution in [0.3, 0.4) is 0 Å². The molecule has 0 aliphatic carbocycles. The van der Waals surface area contributed by atoms with Crippen molar-refractivity contribution in [2.24, 2.45) is 0 Å². The first-order valence-electron chi connectivity index (χ1n) is 7.29. The van der Waals surface area contributed by atoms with Gasteiger partial charge in [-0.05, 0) is 43.0 Å². The summed E-state index contributed by atoms with van der Waals surface area (Å²) in [5.41, 5.74) is 5.32. The van der Waals surface area contributed by atoms with Crippen LogP contribution in [-0.2, 0) is 11.2 Å². The van der Waals surface area contributed by atoms with Crippen molar-refractivity contribution in [2.45, 2.75) is 27.2 Å². The summed E-state index contributed by atoms with van der Waals surface area (Å²) in [5.74, 6) is -0.0293. The summed E-state index contributed by atoms with van der Waals surface area (Å²) < 4.78 is 0. The van der Waals surface area contributed by atoms with Crippen molar-refractivity contribution in [3.8, 4) is 0 Å². The highest BCUT2D eigenvalue weighted by Crippen LogP contribution is 2.19. The van der Waals surface area contributed by atoms with Crippen LogP contribution in [0.4, 0.5) is 11.4 Å². The lowest BCUT2D eigenvalue weighted by atomic mass is 10.1. The van der Waals surface area contributed by atoms with Gasteiger partial charge in [0.1, 0.15) is 0 Å². The van der Waals surface area contributed by atoms with Gasteiger partial charge in [0.05, 0.1) is 6.54 Å². The van der Waals surface area contributed by atoms with Crippen LogP contribution in [0, 0.1) is 13.8 Å². The highest BCUT2D eigenvalue weighted by Gasteiger charge is 2.07. The standard InChI is InChI=1S/C18H22N2O/c1-4-15-10-5-6-11-16(15)19-12-17(21)20-18-13(2)8-7-9-14(18)3/h5-11,19H,4,12H2,1-3H3,(H,20,21). The van der Waals surface area contributed by atoms with Gasteiger partial charge in [0.2, 0.25) is 5.91 Å². The van der Waals surface area contributed by atoms with Gasteiger partial charge in [-0.2, -0.15) is 0 Å². The molecule has 0 radical (unpaired) electrons. The second-order valence-corrected chi connectivity index (χ2v) is 5.18. The molecule has 2 N–H and O–H groups in total. The molecule has 0 fully saturated rings. The van der Waals surface area contributed by atoms with E-state index in [1.165, 1.54) is 5.56 Å². The van der Waals surface area contributed by atoms with Crippen molar-refractivity contribution >= 4 is 17.3 Å². The third kappa shape index (κ3) is 3.85. The Hall–Kier alpha value is -2.29. The number of anilines is 2. The van der Waals surface area contributed by atoms with E-state index in [9.17, 15) is 4.79 Å². The predicted molar refractivity (Wildman–Crippen MR) is 88.9 cm³/mol. The van der Waals surface area contributed by atoms with Crippen molar-refractivity contribution in [3.05, 3.63) is 59.2 Å². The van der Waals surface area contributed by atoms with E-state index >= 15 is 0 Å². The van der Waals surface area contributed by atoms with Crippen molar-refractivity contribution < 1.29 is 4.79 Å². The molecule has 0 unspecified atom stereocenters. The summed E-state index contributed by atoms with van der Waals surface area (Å²) in [7, 11) is 0. The van der Waals surface area contributed by atoms with Crippen molar-refractivity contribution in [3.63, 3.8) is 0 Å². The molecule has 0 atom stereocenters. The molecule has 0 aliphatic heterocycles. The number of hydrogen-bond acceptors (Lipinski definition) is 2. The van der Waals surface area contributed by atoms with Gasteiger partial charge in [0.25, 0.3) is 0 Å². The van der Waals surface area contributed by atoms with Gasteiger partial charge >= 0.3 is 0 Å². The smallest absolute Gasteiger partial charge is 0.243 e. The molecule has 0 saturated carbocycles. The average Bonchev–Trinajstić information content (AvgIpc) is 2.49. The van der Waals surface area contributed by atoms with E-state index in [0.717, 1.165) is 28.9 Å². The summed E-state index contributed by atoms with van der Waals surface area (Å²) in [6.45, 7) is 6.38. The molecule has 0 bridgehead atoms. The molecule has 21 heavy (non-hydrogen) atoms. The van der Waals surface area contributed by atoms with Gasteiger partial charge in [0, 0.05) is 11.4 Å². The second-order valence-electron chi connectivity index (χ2n) is 5.18. The van der Waals surface area contributed by atoms with Crippen LogP contribution in [0.1, 0.15) is 23.6 Å². The minimum atomic E-state index is -0.0293. The molecule has 2 aromatic carbocycles. The van der Waals surface area contributed by atoms with Gasteiger partial charge in [-0.15, -0.1) is 0 Å². The largest absolute Gasteiger partial charge is 0.376 e. The highest BCUT2D eigenvalue weighted by atomic mass is 16.1. The summed E-state index contributed by atoms with van der Waals surface area (Å²) in [6.07, 6.45) is 0.946. The normalized spacial score (nSPS) is 10.2. The van der Waals surface area contributed by atoms with Crippen molar-refractivity contribution in [2.75, 3.05) is 17.2 Å². The molecule has 2 rings (SSSR count). The Kier molecular flexibility index (Phi) is 4.99. The molecule has 2 aromatic rings. The van der Waals surface area contributed by atoms with Crippen molar-refractivity contribution in [1.29, 1.82) is 0 Å². The Morgan fingerprint density at radius 1 is 1.00 bits per heavy atom. The first-order valence-corrected chi connectivity index (χ1v) is 7.29. The Morgan fingerprint density at radius 2 is 1.67 bits per heavy atom. The number of benzene rings is 2. The fraction of sp³-hybridized carbons (Fsp3) is 0.278. The Bertz CT molecular complexity index is 615. The zero-order valence-corrected chi connectivity index (χ0v) is 12.9. The van der Waals surface area contributed by atoms with E-state index < -0.39 is 0 Å². The van der Waals surface area contributed by atoms with E-state index in [-0.39, 0.29) is 12.5 Å². The monoisotopic (exact) mass is 282 g/mol. The number of rotatable bonds is 5. The molecule has 0 aliphatic rings. The zero-order valence-electron chi connectivity index (χ0n) is 12.9. The number of hydrogen-bond donors (Lipinski definition) is 2. The molecular weight excluding hydrogens is 260 g/mol. The fourth-order valence-corrected chi connectivity index (χ4v) is 2.37. The maximum Gasteiger partial charge on any atom is 0.243 e. The number of carbonyl (C=O) groups excluding carboxylic acids is 1. The van der Waals surface area contributed by atoms with Crippen LogP contribution in [0.25, 0.3) is 0 Å². The van der Waals surface area contributed by atoms with Crippen LogP contribution in [0.5, 0.6) is 0 Å². The summed E-state index contributed by atoms with van der Waals surface area (Å²) in [4.78, 5) is 12.1. The first-order chi connectivity index (χ1) is 10.1. The third-order valence-electron chi connectivity index (χ3n) is 3.58. The predicted octanol–water partition coefficient (Wildman–Crippen LogP) is 3.92. The molecule has 1 amide bonds. The van der Waals surface area contributed by atoms with Crippen LogP contribution >= 0.6 is 0 Å². The van der Waals surface area contributed by atoms with Crippen molar-refractivity contribution in [1.82, 2.24) is 0 Å². The van der Waals surface area contributed by atoms with E-state index in [1.807, 2.05) is 50.2 Å². The Labute approximate surface area is 126 Å².